The van der Waals surface area contributed by atoms with E-state index in [4.69, 9.17) is 28.3 Å². The van der Waals surface area contributed by atoms with Gasteiger partial charge < -0.3 is 15.5 Å². The lowest BCUT2D eigenvalue weighted by Crippen LogP contribution is -2.48. The monoisotopic (exact) mass is 323 g/mol. The first-order valence-corrected chi connectivity index (χ1v) is 7.60. The Morgan fingerprint density at radius 2 is 2.00 bits per heavy atom. The third-order valence-electron chi connectivity index (χ3n) is 2.57. The van der Waals surface area contributed by atoms with Gasteiger partial charge in [-0.1, -0.05) is 35.3 Å². The normalized spacial score (nSPS) is 14.2. The van der Waals surface area contributed by atoms with Crippen molar-refractivity contribution in [2.75, 3.05) is 12.9 Å². The molecule has 0 aliphatic rings. The first-order chi connectivity index (χ1) is 8.92. The van der Waals surface area contributed by atoms with Gasteiger partial charge in [0, 0.05) is 23.5 Å². The number of rotatable bonds is 6. The van der Waals surface area contributed by atoms with E-state index >= 15 is 0 Å². The first kappa shape index (κ1) is 16.6. The van der Waals surface area contributed by atoms with Crippen LogP contribution in [0.3, 0.4) is 0 Å². The third-order valence-corrected chi connectivity index (χ3v) is 3.71. The van der Waals surface area contributed by atoms with Gasteiger partial charge >= 0.3 is 0 Å². The molecular formula is C12H15Cl2NO3S. The fourth-order valence-electron chi connectivity index (χ4n) is 1.57. The van der Waals surface area contributed by atoms with Gasteiger partial charge in [-0.2, -0.15) is 0 Å². The molecule has 3 N–H and O–H groups in total. The molecule has 0 heterocycles. The Bertz CT molecular complexity index is 427. The van der Waals surface area contributed by atoms with Gasteiger partial charge in [-0.15, -0.1) is 11.8 Å². The molecule has 1 atom stereocenters. The van der Waals surface area contributed by atoms with Crippen LogP contribution in [0.15, 0.2) is 29.2 Å². The molecule has 0 aliphatic heterocycles. The number of alkyl halides is 2. The number of carbonyl (C=O) groups excluding carboxylic acids is 1. The molecule has 0 aromatic heterocycles. The van der Waals surface area contributed by atoms with Crippen LogP contribution in [-0.2, 0) is 10.5 Å². The number of nitrogens with one attached hydrogen (secondary N) is 1. The van der Waals surface area contributed by atoms with Crippen LogP contribution >= 0.6 is 35.0 Å². The number of hydrogen-bond donors (Lipinski definition) is 3. The van der Waals surface area contributed by atoms with Crippen molar-refractivity contribution in [3.05, 3.63) is 29.8 Å². The number of thioether (sulfide) groups is 1. The fraction of sp³-hybridized carbons (Fsp3) is 0.417. The number of hydrogen-bond acceptors (Lipinski definition) is 4. The summed E-state index contributed by atoms with van der Waals surface area (Å²) in [6.45, 7) is -0.295. The Morgan fingerprint density at radius 1 is 1.42 bits per heavy atom. The summed E-state index contributed by atoms with van der Waals surface area (Å²) >= 11 is 12.5. The fourth-order valence-corrected chi connectivity index (χ4v) is 2.08. The summed E-state index contributed by atoms with van der Waals surface area (Å²) < 4.78 is 0. The zero-order valence-corrected chi connectivity index (χ0v) is 12.6. The number of amides is 1. The van der Waals surface area contributed by atoms with Gasteiger partial charge in [0.25, 0.3) is 5.91 Å². The van der Waals surface area contributed by atoms with Gasteiger partial charge in [-0.05, 0) is 18.4 Å². The van der Waals surface area contributed by atoms with Crippen LogP contribution in [0.1, 0.15) is 12.0 Å². The number of halogens is 2. The summed E-state index contributed by atoms with van der Waals surface area (Å²) in [4.78, 5) is 11.2. The molecule has 1 unspecified atom stereocenters. The summed E-state index contributed by atoms with van der Waals surface area (Å²) in [6, 6.07) is 6.99. The highest BCUT2D eigenvalue weighted by Crippen LogP contribution is 2.25. The smallest absolute Gasteiger partial charge is 0.255 e. The Labute approximate surface area is 126 Å². The number of aliphatic hydroxyl groups is 2. The largest absolute Gasteiger partial charge is 0.396 e. The van der Waals surface area contributed by atoms with E-state index in [2.05, 4.69) is 5.32 Å². The number of benzene rings is 1. The highest BCUT2D eigenvalue weighted by Gasteiger charge is 2.32. The Morgan fingerprint density at radius 3 is 2.42 bits per heavy atom. The molecule has 0 saturated carbocycles. The average Bonchev–Trinajstić information content (AvgIpc) is 2.39. The summed E-state index contributed by atoms with van der Waals surface area (Å²) in [5.74, 6) is -0.715. The Balaban J connectivity index is 2.99. The predicted molar refractivity (Wildman–Crippen MR) is 77.5 cm³/mol. The maximum Gasteiger partial charge on any atom is 0.255 e. The topological polar surface area (TPSA) is 69.6 Å². The van der Waals surface area contributed by atoms with E-state index in [0.717, 1.165) is 4.90 Å². The van der Waals surface area contributed by atoms with Crippen molar-refractivity contribution in [2.24, 2.45) is 0 Å². The van der Waals surface area contributed by atoms with E-state index in [1.165, 1.54) is 0 Å². The van der Waals surface area contributed by atoms with E-state index in [1.54, 1.807) is 23.9 Å². The second kappa shape index (κ2) is 7.36. The highest BCUT2D eigenvalue weighted by atomic mass is 35.5. The Hall–Kier alpha value is -0.460. The molecule has 19 heavy (non-hydrogen) atoms. The second-order valence-corrected chi connectivity index (χ2v) is 5.83. The zero-order chi connectivity index (χ0) is 14.5. The van der Waals surface area contributed by atoms with Gasteiger partial charge in [0.2, 0.25) is 0 Å². The van der Waals surface area contributed by atoms with Crippen molar-refractivity contribution in [2.45, 2.75) is 21.9 Å². The second-order valence-electron chi connectivity index (χ2n) is 3.85. The van der Waals surface area contributed by atoms with Crippen LogP contribution in [-0.4, -0.2) is 33.8 Å². The summed E-state index contributed by atoms with van der Waals surface area (Å²) in [5.41, 5.74) is -1.23. The van der Waals surface area contributed by atoms with Gasteiger partial charge in [0.15, 0.2) is 10.6 Å². The molecule has 0 saturated heterocycles. The molecule has 1 amide bonds. The van der Waals surface area contributed by atoms with Crippen LogP contribution in [0.4, 0.5) is 0 Å². The number of aliphatic hydroxyl groups excluding tert-OH is 1. The average molecular weight is 324 g/mol. The van der Waals surface area contributed by atoms with Crippen LogP contribution < -0.4 is 5.32 Å². The van der Waals surface area contributed by atoms with Gasteiger partial charge in [-0.3, -0.25) is 4.79 Å². The van der Waals surface area contributed by atoms with Crippen molar-refractivity contribution < 1.29 is 15.0 Å². The van der Waals surface area contributed by atoms with Gasteiger partial charge in [0.05, 0.1) is 0 Å². The highest BCUT2D eigenvalue weighted by molar-refractivity contribution is 7.98. The molecule has 1 aromatic carbocycles. The molecule has 1 aromatic rings. The maximum absolute atomic E-state index is 11.5. The van der Waals surface area contributed by atoms with Crippen molar-refractivity contribution >= 4 is 40.9 Å². The van der Waals surface area contributed by atoms with E-state index in [1.807, 2.05) is 18.4 Å². The van der Waals surface area contributed by atoms with Gasteiger partial charge in [0.1, 0.15) is 0 Å². The summed E-state index contributed by atoms with van der Waals surface area (Å²) in [6.07, 6.45) is 1.88. The SMILES string of the molecule is CSc1ccc(C(O)(CCO)NC(=O)C(Cl)Cl)cc1. The van der Waals surface area contributed by atoms with E-state index in [-0.39, 0.29) is 13.0 Å². The maximum atomic E-state index is 11.5. The molecular weight excluding hydrogens is 309 g/mol. The Kier molecular flexibility index (Phi) is 6.42. The van der Waals surface area contributed by atoms with Crippen LogP contribution in [0.25, 0.3) is 0 Å². The van der Waals surface area contributed by atoms with Crippen molar-refractivity contribution in [1.82, 2.24) is 5.32 Å². The molecule has 7 heteroatoms. The molecule has 0 bridgehead atoms. The van der Waals surface area contributed by atoms with Gasteiger partial charge in [-0.25, -0.2) is 0 Å². The predicted octanol–water partition coefficient (Wildman–Crippen LogP) is 1.86. The van der Waals surface area contributed by atoms with E-state index in [0.29, 0.717) is 5.56 Å². The van der Waals surface area contributed by atoms with Crippen molar-refractivity contribution in [3.8, 4) is 0 Å². The standard InChI is InChI=1S/C12H15Cl2NO3S/c1-19-9-4-2-8(3-5-9)12(18,6-7-16)15-11(17)10(13)14/h2-5,10,16,18H,6-7H2,1H3,(H,15,17). The zero-order valence-electron chi connectivity index (χ0n) is 10.3. The third kappa shape index (κ3) is 4.54. The van der Waals surface area contributed by atoms with Crippen LogP contribution in [0.5, 0.6) is 0 Å². The minimum Gasteiger partial charge on any atom is -0.396 e. The lowest BCUT2D eigenvalue weighted by Gasteiger charge is -2.29. The van der Waals surface area contributed by atoms with E-state index < -0.39 is 16.5 Å². The lowest BCUT2D eigenvalue weighted by atomic mass is 9.99. The van der Waals surface area contributed by atoms with Crippen LogP contribution in [0, 0.1) is 0 Å². The lowest BCUT2D eigenvalue weighted by molar-refractivity contribution is -0.128. The van der Waals surface area contributed by atoms with E-state index in [9.17, 15) is 9.90 Å². The quantitative estimate of drug-likeness (QED) is 0.424. The molecule has 0 spiro atoms. The van der Waals surface area contributed by atoms with Crippen LogP contribution in [0.2, 0.25) is 0 Å². The molecule has 106 valence electrons. The van der Waals surface area contributed by atoms with Crippen molar-refractivity contribution in [1.29, 1.82) is 0 Å². The summed E-state index contributed by atoms with van der Waals surface area (Å²) in [5, 5.41) is 21.8. The minimum atomic E-state index is -1.69. The molecule has 0 aliphatic carbocycles. The molecule has 4 nitrogen and oxygen atoms in total. The van der Waals surface area contributed by atoms with Crippen molar-refractivity contribution in [3.63, 3.8) is 0 Å². The molecule has 0 fully saturated rings. The molecule has 0 radical (unpaired) electrons. The first-order valence-electron chi connectivity index (χ1n) is 5.51. The number of carbonyl (C=O) groups is 1. The molecule has 1 rings (SSSR count). The summed E-state index contributed by atoms with van der Waals surface area (Å²) in [7, 11) is 0. The minimum absolute atomic E-state index is 0.0577.